The van der Waals surface area contributed by atoms with Crippen molar-refractivity contribution in [3.63, 3.8) is 0 Å². The number of carbonyl (C=O) groups excluding carboxylic acids is 1. The Bertz CT molecular complexity index is 183. The lowest BCUT2D eigenvalue weighted by atomic mass is 10.1. The van der Waals surface area contributed by atoms with Crippen LogP contribution in [0.1, 0.15) is 59.3 Å². The molecule has 0 unspecified atom stereocenters. The molecule has 0 aliphatic heterocycles. The monoisotopic (exact) mass is 247 g/mol. The van der Waals surface area contributed by atoms with Crippen molar-refractivity contribution in [3.8, 4) is 0 Å². The Morgan fingerprint density at radius 2 is 1.88 bits per heavy atom. The quantitative estimate of drug-likeness (QED) is 0.448. The molecule has 0 aromatic heterocycles. The smallest absolute Gasteiger partial charge is 0.222 e. The second kappa shape index (κ2) is 9.95. The van der Waals surface area contributed by atoms with Gasteiger partial charge in [-0.3, -0.25) is 4.79 Å². The van der Waals surface area contributed by atoms with Gasteiger partial charge in [-0.25, -0.2) is 0 Å². The second-order valence-corrected chi connectivity index (χ2v) is 4.91. The van der Waals surface area contributed by atoms with Crippen LogP contribution in [0, 0.1) is 0 Å². The summed E-state index contributed by atoms with van der Waals surface area (Å²) in [6.45, 7) is 7.27. The second-order valence-electron chi connectivity index (χ2n) is 4.53. The molecule has 96 valence electrons. The summed E-state index contributed by atoms with van der Waals surface area (Å²) in [4.78, 5) is 13.9. The number of alkyl halides is 1. The van der Waals surface area contributed by atoms with Crippen LogP contribution >= 0.6 is 11.6 Å². The van der Waals surface area contributed by atoms with Gasteiger partial charge in [-0.1, -0.05) is 19.8 Å². The van der Waals surface area contributed by atoms with Gasteiger partial charge in [0.15, 0.2) is 0 Å². The summed E-state index contributed by atoms with van der Waals surface area (Å²) in [7, 11) is 0. The van der Waals surface area contributed by atoms with Crippen molar-refractivity contribution in [2.75, 3.05) is 12.4 Å². The van der Waals surface area contributed by atoms with Gasteiger partial charge in [0, 0.05) is 24.9 Å². The van der Waals surface area contributed by atoms with Gasteiger partial charge in [0.1, 0.15) is 0 Å². The molecule has 0 aromatic carbocycles. The van der Waals surface area contributed by atoms with E-state index >= 15 is 0 Å². The van der Waals surface area contributed by atoms with E-state index in [0.717, 1.165) is 25.8 Å². The summed E-state index contributed by atoms with van der Waals surface area (Å²) in [6, 6.07) is 0.320. The van der Waals surface area contributed by atoms with Crippen LogP contribution in [0.2, 0.25) is 0 Å². The molecule has 0 saturated heterocycles. The van der Waals surface area contributed by atoms with Crippen LogP contribution in [0.3, 0.4) is 0 Å². The van der Waals surface area contributed by atoms with E-state index in [-0.39, 0.29) is 5.91 Å². The minimum absolute atomic E-state index is 0.288. The van der Waals surface area contributed by atoms with Crippen LogP contribution in [-0.4, -0.2) is 29.3 Å². The Kier molecular flexibility index (Phi) is 9.80. The van der Waals surface area contributed by atoms with Crippen LogP contribution < -0.4 is 0 Å². The van der Waals surface area contributed by atoms with E-state index < -0.39 is 0 Å². The van der Waals surface area contributed by atoms with E-state index in [1.54, 1.807) is 0 Å². The number of hydrogen-bond donors (Lipinski definition) is 0. The van der Waals surface area contributed by atoms with Crippen LogP contribution in [0.25, 0.3) is 0 Å². The number of unbranched alkanes of at least 4 members (excludes halogenated alkanes) is 3. The summed E-state index contributed by atoms with van der Waals surface area (Å²) < 4.78 is 0. The van der Waals surface area contributed by atoms with E-state index in [4.69, 9.17) is 11.6 Å². The normalized spacial score (nSPS) is 10.8. The first-order chi connectivity index (χ1) is 7.63. The molecule has 0 aliphatic carbocycles. The molecule has 0 saturated carbocycles. The molecule has 0 atom stereocenters. The van der Waals surface area contributed by atoms with E-state index in [1.807, 2.05) is 4.90 Å². The molecule has 0 bridgehead atoms. The highest BCUT2D eigenvalue weighted by molar-refractivity contribution is 6.17. The Hall–Kier alpha value is -0.240. The third-order valence-electron chi connectivity index (χ3n) is 2.72. The molecule has 0 heterocycles. The topological polar surface area (TPSA) is 20.3 Å². The van der Waals surface area contributed by atoms with Crippen molar-refractivity contribution in [2.24, 2.45) is 0 Å². The van der Waals surface area contributed by atoms with Crippen molar-refractivity contribution >= 4 is 17.5 Å². The predicted octanol–water partition coefficient (Wildman–Crippen LogP) is 3.82. The fraction of sp³-hybridized carbons (Fsp3) is 0.923. The highest BCUT2D eigenvalue weighted by atomic mass is 35.5. The standard InChI is InChI=1S/C13H26ClNO/c1-4-5-8-11-15(12(2)3)13(16)9-6-7-10-14/h12H,4-11H2,1-3H3. The highest BCUT2D eigenvalue weighted by Crippen LogP contribution is 2.08. The molecule has 1 amide bonds. The maximum Gasteiger partial charge on any atom is 0.222 e. The Labute approximate surface area is 105 Å². The van der Waals surface area contributed by atoms with Gasteiger partial charge in [-0.2, -0.15) is 0 Å². The van der Waals surface area contributed by atoms with Crippen LogP contribution in [0.15, 0.2) is 0 Å². The first kappa shape index (κ1) is 15.8. The van der Waals surface area contributed by atoms with E-state index in [0.29, 0.717) is 18.3 Å². The molecule has 0 aromatic rings. The minimum atomic E-state index is 0.288. The summed E-state index contributed by atoms with van der Waals surface area (Å²) >= 11 is 5.60. The fourth-order valence-electron chi connectivity index (χ4n) is 1.72. The first-order valence-electron chi connectivity index (χ1n) is 6.48. The van der Waals surface area contributed by atoms with E-state index in [9.17, 15) is 4.79 Å². The average Bonchev–Trinajstić information content (AvgIpc) is 2.24. The van der Waals surface area contributed by atoms with Crippen LogP contribution in [0.4, 0.5) is 0 Å². The summed E-state index contributed by atoms with van der Waals surface area (Å²) in [5.41, 5.74) is 0. The molecule has 0 fully saturated rings. The Morgan fingerprint density at radius 1 is 1.19 bits per heavy atom. The zero-order valence-corrected chi connectivity index (χ0v) is 11.7. The summed E-state index contributed by atoms with van der Waals surface area (Å²) in [5.74, 6) is 0.946. The first-order valence-corrected chi connectivity index (χ1v) is 7.02. The number of halogens is 1. The fourth-order valence-corrected chi connectivity index (χ4v) is 1.91. The molecular formula is C13H26ClNO. The van der Waals surface area contributed by atoms with Gasteiger partial charge in [0.2, 0.25) is 5.91 Å². The van der Waals surface area contributed by atoms with Crippen molar-refractivity contribution in [1.82, 2.24) is 4.90 Å². The lowest BCUT2D eigenvalue weighted by Crippen LogP contribution is -2.37. The molecular weight excluding hydrogens is 222 g/mol. The molecule has 2 nitrogen and oxygen atoms in total. The maximum atomic E-state index is 11.9. The molecule has 0 rings (SSSR count). The van der Waals surface area contributed by atoms with E-state index in [1.165, 1.54) is 12.8 Å². The molecule has 3 heteroatoms. The molecule has 16 heavy (non-hydrogen) atoms. The maximum absolute atomic E-state index is 11.9. The van der Waals surface area contributed by atoms with Gasteiger partial charge < -0.3 is 4.90 Å². The number of rotatable bonds is 9. The third-order valence-corrected chi connectivity index (χ3v) is 2.99. The number of amides is 1. The van der Waals surface area contributed by atoms with Crippen molar-refractivity contribution in [2.45, 2.75) is 65.3 Å². The number of nitrogens with zero attached hydrogens (tertiary/aromatic N) is 1. The van der Waals surface area contributed by atoms with Gasteiger partial charge >= 0.3 is 0 Å². The third kappa shape index (κ3) is 7.10. The van der Waals surface area contributed by atoms with Crippen molar-refractivity contribution in [1.29, 1.82) is 0 Å². The summed E-state index contributed by atoms with van der Waals surface area (Å²) in [6.07, 6.45) is 6.03. The summed E-state index contributed by atoms with van der Waals surface area (Å²) in [5, 5.41) is 0. The van der Waals surface area contributed by atoms with Gasteiger partial charge in [0.05, 0.1) is 0 Å². The number of carbonyl (C=O) groups is 1. The SMILES string of the molecule is CCCCCN(C(=O)CCCCCl)C(C)C. The van der Waals surface area contributed by atoms with Crippen molar-refractivity contribution < 1.29 is 4.79 Å². The number of hydrogen-bond acceptors (Lipinski definition) is 1. The minimum Gasteiger partial charge on any atom is -0.340 e. The molecule has 0 N–H and O–H groups in total. The van der Waals surface area contributed by atoms with E-state index in [2.05, 4.69) is 20.8 Å². The zero-order valence-electron chi connectivity index (χ0n) is 11.0. The lowest BCUT2D eigenvalue weighted by Gasteiger charge is -2.27. The largest absolute Gasteiger partial charge is 0.340 e. The van der Waals surface area contributed by atoms with Crippen molar-refractivity contribution in [3.05, 3.63) is 0 Å². The molecule has 0 spiro atoms. The zero-order chi connectivity index (χ0) is 12.4. The average molecular weight is 248 g/mol. The van der Waals surface area contributed by atoms with Gasteiger partial charge in [-0.05, 0) is 33.1 Å². The van der Waals surface area contributed by atoms with Crippen LogP contribution in [0.5, 0.6) is 0 Å². The molecule has 0 radical (unpaired) electrons. The highest BCUT2D eigenvalue weighted by Gasteiger charge is 2.15. The van der Waals surface area contributed by atoms with Crippen LogP contribution in [-0.2, 0) is 4.79 Å². The Balaban J connectivity index is 3.93. The Morgan fingerprint density at radius 3 is 2.38 bits per heavy atom. The van der Waals surface area contributed by atoms with Gasteiger partial charge in [-0.15, -0.1) is 11.6 Å². The van der Waals surface area contributed by atoms with Gasteiger partial charge in [0.25, 0.3) is 0 Å². The molecule has 0 aliphatic rings. The predicted molar refractivity (Wildman–Crippen MR) is 70.9 cm³/mol. The lowest BCUT2D eigenvalue weighted by molar-refractivity contribution is -0.133.